The molecular weight excluding hydrogens is 439 g/mol. The van der Waals surface area contributed by atoms with Gasteiger partial charge in [0.15, 0.2) is 11.6 Å². The molecular formula is C25H33FN4O4. The Morgan fingerprint density at radius 3 is 2.82 bits per heavy atom. The number of rotatable bonds is 12. The summed E-state index contributed by atoms with van der Waals surface area (Å²) in [7, 11) is 0. The van der Waals surface area contributed by atoms with Crippen molar-refractivity contribution >= 4 is 11.8 Å². The average Bonchev–Trinajstić information content (AvgIpc) is 3.55. The fourth-order valence-electron chi connectivity index (χ4n) is 4.37. The number of hydrogen-bond donors (Lipinski definition) is 2. The SMILES string of the molecule is CC[C@](O)(Cn1nncc1CCCCC1CCC(=O)NC1=O)c1ccc(F)c(OCC2CC2)c1. The van der Waals surface area contributed by atoms with Crippen LogP contribution in [0.1, 0.15) is 69.5 Å². The third kappa shape index (κ3) is 6.00. The van der Waals surface area contributed by atoms with E-state index in [-0.39, 0.29) is 30.0 Å². The molecule has 1 aromatic heterocycles. The number of nitrogens with zero attached hydrogens (tertiary/aromatic N) is 3. The summed E-state index contributed by atoms with van der Waals surface area (Å²) in [4.78, 5) is 23.2. The third-order valence-electron chi connectivity index (χ3n) is 6.92. The molecule has 1 aliphatic heterocycles. The quantitative estimate of drug-likeness (QED) is 0.363. The number of piperidine rings is 1. The summed E-state index contributed by atoms with van der Waals surface area (Å²) in [6.07, 6.45) is 8.47. The molecule has 34 heavy (non-hydrogen) atoms. The van der Waals surface area contributed by atoms with Gasteiger partial charge in [0.25, 0.3) is 0 Å². The van der Waals surface area contributed by atoms with Gasteiger partial charge in [-0.2, -0.15) is 0 Å². The average molecular weight is 473 g/mol. The molecule has 0 radical (unpaired) electrons. The van der Waals surface area contributed by atoms with Crippen LogP contribution in [-0.4, -0.2) is 38.5 Å². The summed E-state index contributed by atoms with van der Waals surface area (Å²) in [5, 5.41) is 22.0. The Kier molecular flexibility index (Phi) is 7.60. The molecule has 1 aliphatic carbocycles. The highest BCUT2D eigenvalue weighted by atomic mass is 19.1. The molecule has 1 unspecified atom stereocenters. The molecule has 2 atom stereocenters. The Labute approximate surface area is 198 Å². The lowest BCUT2D eigenvalue weighted by Gasteiger charge is -2.28. The summed E-state index contributed by atoms with van der Waals surface area (Å²) in [6, 6.07) is 4.53. The molecule has 2 aromatic rings. The Balaban J connectivity index is 1.35. The minimum atomic E-state index is -1.25. The fourth-order valence-corrected chi connectivity index (χ4v) is 4.37. The van der Waals surface area contributed by atoms with Crippen molar-refractivity contribution in [2.24, 2.45) is 11.8 Å². The molecule has 0 spiro atoms. The second kappa shape index (κ2) is 10.6. The van der Waals surface area contributed by atoms with Crippen LogP contribution in [-0.2, 0) is 28.2 Å². The van der Waals surface area contributed by atoms with E-state index in [0.717, 1.165) is 37.8 Å². The van der Waals surface area contributed by atoms with Gasteiger partial charge in [-0.05, 0) is 68.6 Å². The number of aromatic nitrogens is 3. The van der Waals surface area contributed by atoms with E-state index in [2.05, 4.69) is 15.6 Å². The number of aliphatic hydroxyl groups is 1. The van der Waals surface area contributed by atoms with Gasteiger partial charge in [-0.15, -0.1) is 5.10 Å². The molecule has 9 heteroatoms. The predicted octanol–water partition coefficient (Wildman–Crippen LogP) is 3.27. The van der Waals surface area contributed by atoms with Gasteiger partial charge in [-0.3, -0.25) is 14.9 Å². The summed E-state index contributed by atoms with van der Waals surface area (Å²) in [5.41, 5.74) is 0.226. The van der Waals surface area contributed by atoms with Gasteiger partial charge in [0.1, 0.15) is 5.60 Å². The first-order chi connectivity index (χ1) is 16.4. The van der Waals surface area contributed by atoms with Gasteiger partial charge < -0.3 is 9.84 Å². The van der Waals surface area contributed by atoms with Crippen LogP contribution >= 0.6 is 0 Å². The number of nitrogens with one attached hydrogen (secondary N) is 1. The van der Waals surface area contributed by atoms with E-state index in [1.54, 1.807) is 23.0 Å². The maximum absolute atomic E-state index is 14.2. The first kappa shape index (κ1) is 24.3. The standard InChI is InChI=1S/C25H33FN4O4/c1-2-25(33,19-10-11-21(26)22(13-19)34-15-17-7-8-17)16-30-20(14-27-29-30)6-4-3-5-18-9-12-23(31)28-24(18)32/h10-11,13-14,17-18,33H,2-9,12,15-16H2,1H3,(H,28,31,32)/t18?,25-/m0/s1. The van der Waals surface area contributed by atoms with Crippen molar-refractivity contribution in [1.82, 2.24) is 20.3 Å². The predicted molar refractivity (Wildman–Crippen MR) is 122 cm³/mol. The first-order valence-electron chi connectivity index (χ1n) is 12.2. The van der Waals surface area contributed by atoms with E-state index >= 15 is 0 Å². The summed E-state index contributed by atoms with van der Waals surface area (Å²) >= 11 is 0. The van der Waals surface area contributed by atoms with Crippen LogP contribution < -0.4 is 10.1 Å². The molecule has 2 amide bonds. The maximum Gasteiger partial charge on any atom is 0.229 e. The van der Waals surface area contributed by atoms with E-state index in [9.17, 15) is 19.1 Å². The number of ether oxygens (including phenoxy) is 1. The lowest BCUT2D eigenvalue weighted by molar-refractivity contribution is -0.136. The van der Waals surface area contributed by atoms with E-state index in [1.165, 1.54) is 6.07 Å². The number of carbonyl (C=O) groups excluding carboxylic acids is 2. The number of benzene rings is 1. The topological polar surface area (TPSA) is 106 Å². The van der Waals surface area contributed by atoms with Gasteiger partial charge in [0.05, 0.1) is 25.0 Å². The van der Waals surface area contributed by atoms with Crippen LogP contribution in [0.2, 0.25) is 0 Å². The lowest BCUT2D eigenvalue weighted by atomic mass is 9.90. The zero-order valence-electron chi connectivity index (χ0n) is 19.6. The van der Waals surface area contributed by atoms with E-state index in [0.29, 0.717) is 43.8 Å². The van der Waals surface area contributed by atoms with Crippen LogP contribution in [0, 0.1) is 17.7 Å². The first-order valence-corrected chi connectivity index (χ1v) is 12.2. The minimum Gasteiger partial charge on any atom is -0.490 e. The van der Waals surface area contributed by atoms with Crippen molar-refractivity contribution in [2.75, 3.05) is 6.61 Å². The third-order valence-corrected chi connectivity index (χ3v) is 6.92. The molecule has 184 valence electrons. The van der Waals surface area contributed by atoms with Crippen molar-refractivity contribution < 1.29 is 23.8 Å². The summed E-state index contributed by atoms with van der Waals surface area (Å²) < 4.78 is 21.6. The summed E-state index contributed by atoms with van der Waals surface area (Å²) in [6.45, 7) is 2.57. The van der Waals surface area contributed by atoms with Gasteiger partial charge in [-0.1, -0.05) is 24.6 Å². The molecule has 8 nitrogen and oxygen atoms in total. The smallest absolute Gasteiger partial charge is 0.229 e. The maximum atomic E-state index is 14.2. The van der Waals surface area contributed by atoms with Gasteiger partial charge >= 0.3 is 0 Å². The van der Waals surface area contributed by atoms with Crippen LogP contribution in [0.3, 0.4) is 0 Å². The Bertz CT molecular complexity index is 1020. The number of halogens is 1. The van der Waals surface area contributed by atoms with Crippen molar-refractivity contribution in [1.29, 1.82) is 0 Å². The van der Waals surface area contributed by atoms with Crippen molar-refractivity contribution in [3.05, 3.63) is 41.5 Å². The van der Waals surface area contributed by atoms with Crippen LogP contribution in [0.15, 0.2) is 24.4 Å². The second-order valence-electron chi connectivity index (χ2n) is 9.56. The fraction of sp³-hybridized carbons (Fsp3) is 0.600. The highest BCUT2D eigenvalue weighted by Crippen LogP contribution is 2.34. The van der Waals surface area contributed by atoms with Gasteiger partial charge in [0.2, 0.25) is 11.8 Å². The second-order valence-corrected chi connectivity index (χ2v) is 9.56. The van der Waals surface area contributed by atoms with E-state index in [1.807, 2.05) is 6.92 Å². The molecule has 4 rings (SSSR count). The molecule has 0 bridgehead atoms. The van der Waals surface area contributed by atoms with Crippen molar-refractivity contribution in [3.63, 3.8) is 0 Å². The monoisotopic (exact) mass is 472 g/mol. The van der Waals surface area contributed by atoms with Gasteiger partial charge in [-0.25, -0.2) is 9.07 Å². The molecule has 1 aromatic carbocycles. The molecule has 1 saturated carbocycles. The number of carbonyl (C=O) groups is 2. The number of aryl methyl sites for hydroxylation is 1. The normalized spacial score (nSPS) is 20.1. The molecule has 1 saturated heterocycles. The molecule has 2 aliphatic rings. The number of imide groups is 1. The van der Waals surface area contributed by atoms with Crippen LogP contribution in [0.5, 0.6) is 5.75 Å². The zero-order chi connectivity index (χ0) is 24.1. The zero-order valence-corrected chi connectivity index (χ0v) is 19.6. The van der Waals surface area contributed by atoms with E-state index < -0.39 is 11.4 Å². The number of hydrogen-bond acceptors (Lipinski definition) is 6. The van der Waals surface area contributed by atoms with Crippen LogP contribution in [0.25, 0.3) is 0 Å². The largest absolute Gasteiger partial charge is 0.490 e. The molecule has 2 fully saturated rings. The highest BCUT2D eigenvalue weighted by Gasteiger charge is 2.31. The molecule has 2 heterocycles. The Hall–Kier alpha value is -2.81. The van der Waals surface area contributed by atoms with Crippen LogP contribution in [0.4, 0.5) is 4.39 Å². The molecule has 2 N–H and O–H groups in total. The Morgan fingerprint density at radius 2 is 2.09 bits per heavy atom. The lowest BCUT2D eigenvalue weighted by Crippen LogP contribution is -2.40. The summed E-state index contributed by atoms with van der Waals surface area (Å²) in [5.74, 6) is -0.233. The number of unbranched alkanes of at least 4 members (excludes halogenated alkanes) is 1. The van der Waals surface area contributed by atoms with Crippen molar-refractivity contribution in [2.45, 2.75) is 76.9 Å². The highest BCUT2D eigenvalue weighted by molar-refractivity contribution is 5.98. The van der Waals surface area contributed by atoms with Gasteiger partial charge in [0, 0.05) is 12.3 Å². The van der Waals surface area contributed by atoms with E-state index in [4.69, 9.17) is 4.74 Å². The number of amides is 2. The minimum absolute atomic E-state index is 0.110. The van der Waals surface area contributed by atoms with Crippen molar-refractivity contribution in [3.8, 4) is 5.75 Å². The Morgan fingerprint density at radius 1 is 1.26 bits per heavy atom.